The molecule has 8 heteroatoms. The minimum Gasteiger partial charge on any atom is -0.480 e. The van der Waals surface area contributed by atoms with Crippen LogP contribution in [0.2, 0.25) is 0 Å². The molecule has 21 heavy (non-hydrogen) atoms. The van der Waals surface area contributed by atoms with Crippen molar-refractivity contribution >= 4 is 17.9 Å². The van der Waals surface area contributed by atoms with Gasteiger partial charge in [0.05, 0.1) is 6.54 Å². The second kappa shape index (κ2) is 8.46. The number of amides is 3. The molecular weight excluding hydrogens is 276 g/mol. The summed E-state index contributed by atoms with van der Waals surface area (Å²) in [6, 6.07) is -0.157. The molecule has 1 fully saturated rings. The Bertz CT molecular complexity index is 380. The van der Waals surface area contributed by atoms with Crippen molar-refractivity contribution < 1.29 is 19.5 Å². The number of carbonyl (C=O) groups excluding carboxylic acids is 2. The molecule has 1 rings (SSSR count). The average molecular weight is 300 g/mol. The van der Waals surface area contributed by atoms with Crippen molar-refractivity contribution in [3.63, 3.8) is 0 Å². The first-order valence-electron chi connectivity index (χ1n) is 7.16. The maximum absolute atomic E-state index is 12.4. The van der Waals surface area contributed by atoms with E-state index >= 15 is 0 Å². The fourth-order valence-electron chi connectivity index (χ4n) is 2.25. The van der Waals surface area contributed by atoms with Crippen LogP contribution >= 0.6 is 0 Å². The molecule has 0 aromatic rings. The highest BCUT2D eigenvalue weighted by atomic mass is 16.4. The normalized spacial score (nSPS) is 15.6. The number of urea groups is 1. The Hall–Kier alpha value is -1.83. The van der Waals surface area contributed by atoms with Crippen molar-refractivity contribution in [3.8, 4) is 0 Å². The summed E-state index contributed by atoms with van der Waals surface area (Å²) in [6.45, 7) is 4.59. The maximum atomic E-state index is 12.4. The van der Waals surface area contributed by atoms with Crippen LogP contribution in [0.4, 0.5) is 4.79 Å². The Morgan fingerprint density at radius 1 is 1.19 bits per heavy atom. The van der Waals surface area contributed by atoms with Gasteiger partial charge in [-0.2, -0.15) is 0 Å². The molecule has 0 aliphatic carbocycles. The molecule has 0 aromatic carbocycles. The zero-order chi connectivity index (χ0) is 15.8. The molecule has 2 N–H and O–H groups in total. The Kier molecular flexibility index (Phi) is 6.93. The Labute approximate surface area is 124 Å². The van der Waals surface area contributed by atoms with Crippen molar-refractivity contribution in [2.45, 2.75) is 13.3 Å². The minimum atomic E-state index is -0.859. The molecule has 1 aliphatic rings. The van der Waals surface area contributed by atoms with Gasteiger partial charge in [-0.3, -0.25) is 14.5 Å². The van der Waals surface area contributed by atoms with Crippen molar-refractivity contribution in [1.82, 2.24) is 20.0 Å². The summed E-state index contributed by atoms with van der Waals surface area (Å²) in [6.07, 6.45) is 0.779. The Balaban J connectivity index is 2.52. The third-order valence-corrected chi connectivity index (χ3v) is 3.38. The number of carbonyl (C=O) groups is 3. The summed E-state index contributed by atoms with van der Waals surface area (Å²) in [7, 11) is 1.54. The molecule has 0 saturated carbocycles. The first kappa shape index (κ1) is 17.2. The lowest BCUT2D eigenvalue weighted by atomic mass is 10.3. The van der Waals surface area contributed by atoms with Crippen LogP contribution in [-0.4, -0.2) is 90.6 Å². The smallest absolute Gasteiger partial charge is 0.320 e. The number of likely N-dealkylation sites (N-methyl/N-ethyl adjacent to an activating group) is 1. The lowest BCUT2D eigenvalue weighted by molar-refractivity contribution is -0.138. The zero-order valence-electron chi connectivity index (χ0n) is 12.7. The second-order valence-corrected chi connectivity index (χ2v) is 5.03. The van der Waals surface area contributed by atoms with Gasteiger partial charge in [-0.1, -0.05) is 6.92 Å². The van der Waals surface area contributed by atoms with Crippen molar-refractivity contribution in [2.24, 2.45) is 0 Å². The van der Waals surface area contributed by atoms with Gasteiger partial charge in [0.1, 0.15) is 6.54 Å². The SMILES string of the molecule is CCCN(CC(=O)NC)C(=O)N1CCN(CC(=O)O)CC1. The van der Waals surface area contributed by atoms with Gasteiger partial charge in [-0.05, 0) is 6.42 Å². The number of hydrogen-bond donors (Lipinski definition) is 2. The van der Waals surface area contributed by atoms with E-state index in [1.165, 1.54) is 4.90 Å². The lowest BCUT2D eigenvalue weighted by Crippen LogP contribution is -2.54. The number of aliphatic carboxylic acids is 1. The molecule has 120 valence electrons. The van der Waals surface area contributed by atoms with E-state index in [1.54, 1.807) is 16.8 Å². The number of hydrogen-bond acceptors (Lipinski definition) is 4. The van der Waals surface area contributed by atoms with E-state index in [0.29, 0.717) is 32.7 Å². The van der Waals surface area contributed by atoms with Gasteiger partial charge in [0.15, 0.2) is 0 Å². The molecule has 1 aliphatic heterocycles. The van der Waals surface area contributed by atoms with Gasteiger partial charge in [0.25, 0.3) is 0 Å². The van der Waals surface area contributed by atoms with Crippen LogP contribution in [0.1, 0.15) is 13.3 Å². The molecule has 0 bridgehead atoms. The number of carboxylic acid groups (broad SMARTS) is 1. The molecule has 0 atom stereocenters. The van der Waals surface area contributed by atoms with Crippen molar-refractivity contribution in [2.75, 3.05) is 52.9 Å². The summed E-state index contributed by atoms with van der Waals surface area (Å²) in [5.74, 6) is -1.05. The van der Waals surface area contributed by atoms with Gasteiger partial charge < -0.3 is 20.2 Å². The summed E-state index contributed by atoms with van der Waals surface area (Å²) >= 11 is 0. The number of carboxylic acids is 1. The highest BCUT2D eigenvalue weighted by Gasteiger charge is 2.26. The van der Waals surface area contributed by atoms with Crippen LogP contribution < -0.4 is 5.32 Å². The zero-order valence-corrected chi connectivity index (χ0v) is 12.7. The van der Waals surface area contributed by atoms with Crippen LogP contribution in [0.5, 0.6) is 0 Å². The summed E-state index contributed by atoms with van der Waals surface area (Å²) in [5.41, 5.74) is 0. The van der Waals surface area contributed by atoms with E-state index in [1.807, 2.05) is 6.92 Å². The standard InChI is InChI=1S/C13H24N4O4/c1-3-4-17(9-11(18)14-2)13(21)16-7-5-15(6-8-16)10-12(19)20/h3-10H2,1-2H3,(H,14,18)(H,19,20). The van der Waals surface area contributed by atoms with Crippen LogP contribution in [0.15, 0.2) is 0 Å². The quantitative estimate of drug-likeness (QED) is 0.674. The number of rotatable bonds is 6. The van der Waals surface area contributed by atoms with Crippen LogP contribution in [-0.2, 0) is 9.59 Å². The maximum Gasteiger partial charge on any atom is 0.320 e. The molecule has 0 aromatic heterocycles. The van der Waals surface area contributed by atoms with Gasteiger partial charge in [-0.15, -0.1) is 0 Å². The molecule has 1 heterocycles. The van der Waals surface area contributed by atoms with Gasteiger partial charge in [0, 0.05) is 39.8 Å². The topological polar surface area (TPSA) is 93.2 Å². The van der Waals surface area contributed by atoms with Crippen molar-refractivity contribution in [3.05, 3.63) is 0 Å². The third-order valence-electron chi connectivity index (χ3n) is 3.38. The molecule has 3 amide bonds. The molecular formula is C13H24N4O4. The molecule has 8 nitrogen and oxygen atoms in total. The highest BCUT2D eigenvalue weighted by Crippen LogP contribution is 2.06. The summed E-state index contributed by atoms with van der Waals surface area (Å²) in [4.78, 5) is 39.5. The van der Waals surface area contributed by atoms with Gasteiger partial charge >= 0.3 is 12.0 Å². The van der Waals surface area contributed by atoms with E-state index < -0.39 is 5.97 Å². The number of nitrogens with zero attached hydrogens (tertiary/aromatic N) is 3. The van der Waals surface area contributed by atoms with E-state index in [2.05, 4.69) is 5.32 Å². The highest BCUT2D eigenvalue weighted by molar-refractivity contribution is 5.84. The lowest BCUT2D eigenvalue weighted by Gasteiger charge is -2.36. The summed E-state index contributed by atoms with van der Waals surface area (Å²) < 4.78 is 0. The first-order chi connectivity index (χ1) is 9.97. The monoisotopic (exact) mass is 300 g/mol. The fourth-order valence-corrected chi connectivity index (χ4v) is 2.25. The van der Waals surface area contributed by atoms with E-state index in [4.69, 9.17) is 5.11 Å². The van der Waals surface area contributed by atoms with Gasteiger partial charge in [0.2, 0.25) is 5.91 Å². The predicted octanol–water partition coefficient (Wildman–Crippen LogP) is -0.733. The van der Waals surface area contributed by atoms with Gasteiger partial charge in [-0.25, -0.2) is 4.79 Å². The van der Waals surface area contributed by atoms with Crippen LogP contribution in [0.25, 0.3) is 0 Å². The predicted molar refractivity (Wildman–Crippen MR) is 77.0 cm³/mol. The number of piperazine rings is 1. The Morgan fingerprint density at radius 2 is 1.81 bits per heavy atom. The first-order valence-corrected chi connectivity index (χ1v) is 7.16. The summed E-state index contributed by atoms with van der Waals surface area (Å²) in [5, 5.41) is 11.3. The molecule has 0 radical (unpaired) electrons. The fraction of sp³-hybridized carbons (Fsp3) is 0.769. The van der Waals surface area contributed by atoms with E-state index in [9.17, 15) is 14.4 Å². The minimum absolute atomic E-state index is 0.00105. The number of nitrogens with one attached hydrogen (secondary N) is 1. The third kappa shape index (κ3) is 5.58. The molecule has 1 saturated heterocycles. The van der Waals surface area contributed by atoms with Crippen LogP contribution in [0.3, 0.4) is 0 Å². The van der Waals surface area contributed by atoms with Crippen LogP contribution in [0, 0.1) is 0 Å². The average Bonchev–Trinajstić information content (AvgIpc) is 2.46. The van der Waals surface area contributed by atoms with E-state index in [0.717, 1.165) is 6.42 Å². The molecule has 0 unspecified atom stereocenters. The second-order valence-electron chi connectivity index (χ2n) is 5.03. The largest absolute Gasteiger partial charge is 0.480 e. The van der Waals surface area contributed by atoms with Crippen molar-refractivity contribution in [1.29, 1.82) is 0 Å². The van der Waals surface area contributed by atoms with E-state index in [-0.39, 0.29) is 25.0 Å². The Morgan fingerprint density at radius 3 is 2.29 bits per heavy atom. The molecule has 0 spiro atoms.